The lowest BCUT2D eigenvalue weighted by molar-refractivity contribution is -0.384. The summed E-state index contributed by atoms with van der Waals surface area (Å²) < 4.78 is 5.06. The fourth-order valence-corrected chi connectivity index (χ4v) is 1.80. The molecule has 0 fully saturated rings. The Labute approximate surface area is 117 Å². The lowest BCUT2D eigenvalue weighted by Crippen LogP contribution is -2.33. The highest BCUT2D eigenvalue weighted by Gasteiger charge is 2.22. The molecule has 7 nitrogen and oxygen atoms in total. The van der Waals surface area contributed by atoms with Crippen LogP contribution in [0, 0.1) is 22.0 Å². The van der Waals surface area contributed by atoms with E-state index >= 15 is 0 Å². The Bertz CT molecular complexity index is 502. The molecule has 1 aromatic rings. The van der Waals surface area contributed by atoms with Crippen LogP contribution in [0.1, 0.15) is 13.8 Å². The van der Waals surface area contributed by atoms with Gasteiger partial charge in [0.15, 0.2) is 0 Å². The maximum atomic E-state index is 12.1. The molecule has 1 atom stereocenters. The zero-order valence-corrected chi connectivity index (χ0v) is 11.8. The zero-order chi connectivity index (χ0) is 15.3. The highest BCUT2D eigenvalue weighted by Crippen LogP contribution is 2.29. The van der Waals surface area contributed by atoms with Gasteiger partial charge in [-0.15, -0.1) is 0 Å². The first kappa shape index (κ1) is 15.9. The number of anilines is 1. The van der Waals surface area contributed by atoms with Crippen LogP contribution in [0.15, 0.2) is 18.2 Å². The van der Waals surface area contributed by atoms with Crippen LogP contribution in [0.2, 0.25) is 0 Å². The molecule has 110 valence electrons. The molecule has 1 amide bonds. The lowest BCUT2D eigenvalue weighted by Gasteiger charge is -2.19. The first-order valence-electron chi connectivity index (χ1n) is 6.24. The van der Waals surface area contributed by atoms with Gasteiger partial charge in [0.25, 0.3) is 5.69 Å². The van der Waals surface area contributed by atoms with Crippen molar-refractivity contribution in [3.8, 4) is 5.75 Å². The highest BCUT2D eigenvalue weighted by molar-refractivity contribution is 5.94. The van der Waals surface area contributed by atoms with Gasteiger partial charge in [0.05, 0.1) is 29.7 Å². The molecule has 0 aliphatic rings. The molecule has 0 spiro atoms. The fourth-order valence-electron chi connectivity index (χ4n) is 1.80. The molecule has 0 aliphatic heterocycles. The number of hydrogen-bond donors (Lipinski definition) is 2. The minimum atomic E-state index is -0.523. The number of methoxy groups -OCH3 is 1. The Balaban J connectivity index is 2.97. The number of nitrogens with zero attached hydrogens (tertiary/aromatic N) is 1. The predicted octanol–water partition coefficient (Wildman–Crippen LogP) is 1.77. The smallest absolute Gasteiger partial charge is 0.273 e. The number of nitrogens with two attached hydrogens (primary N) is 1. The number of nitrogens with one attached hydrogen (secondary N) is 1. The summed E-state index contributed by atoms with van der Waals surface area (Å²) in [5.41, 5.74) is 5.87. The van der Waals surface area contributed by atoms with Gasteiger partial charge in [0, 0.05) is 12.6 Å². The van der Waals surface area contributed by atoms with E-state index in [0.717, 1.165) is 0 Å². The zero-order valence-electron chi connectivity index (χ0n) is 11.8. The summed E-state index contributed by atoms with van der Waals surface area (Å²) in [6, 6.07) is 4.02. The summed E-state index contributed by atoms with van der Waals surface area (Å²) in [4.78, 5) is 22.3. The van der Waals surface area contributed by atoms with Gasteiger partial charge in [0.1, 0.15) is 5.75 Å². The summed E-state index contributed by atoms with van der Waals surface area (Å²) in [5, 5.41) is 13.4. The third-order valence-corrected chi connectivity index (χ3v) is 3.05. The topological polar surface area (TPSA) is 107 Å². The SMILES string of the molecule is COc1cc([N+](=O)[O-])ccc1NC(=O)C(CN)C(C)C. The second kappa shape index (κ2) is 6.85. The van der Waals surface area contributed by atoms with Crippen molar-refractivity contribution in [2.24, 2.45) is 17.6 Å². The van der Waals surface area contributed by atoms with E-state index in [0.29, 0.717) is 5.69 Å². The van der Waals surface area contributed by atoms with Crippen molar-refractivity contribution in [1.29, 1.82) is 0 Å². The van der Waals surface area contributed by atoms with Gasteiger partial charge in [-0.2, -0.15) is 0 Å². The number of non-ortho nitro benzene ring substituents is 1. The molecule has 0 saturated carbocycles. The van der Waals surface area contributed by atoms with E-state index in [1.165, 1.54) is 25.3 Å². The van der Waals surface area contributed by atoms with Gasteiger partial charge in [-0.1, -0.05) is 13.8 Å². The molecule has 7 heteroatoms. The average molecular weight is 281 g/mol. The summed E-state index contributed by atoms with van der Waals surface area (Å²) in [5.74, 6) is -0.208. The van der Waals surface area contributed by atoms with Gasteiger partial charge >= 0.3 is 0 Å². The predicted molar refractivity (Wildman–Crippen MR) is 75.7 cm³/mol. The number of rotatable bonds is 6. The van der Waals surface area contributed by atoms with E-state index < -0.39 is 4.92 Å². The van der Waals surface area contributed by atoms with Crippen molar-refractivity contribution < 1.29 is 14.5 Å². The van der Waals surface area contributed by atoms with E-state index in [1.54, 1.807) is 0 Å². The number of ether oxygens (including phenoxy) is 1. The number of carbonyl (C=O) groups is 1. The molecule has 20 heavy (non-hydrogen) atoms. The molecule has 0 saturated heterocycles. The van der Waals surface area contributed by atoms with Crippen LogP contribution in [-0.2, 0) is 4.79 Å². The van der Waals surface area contributed by atoms with Crippen LogP contribution in [-0.4, -0.2) is 24.5 Å². The Hall–Kier alpha value is -2.15. The minimum Gasteiger partial charge on any atom is -0.494 e. The van der Waals surface area contributed by atoms with E-state index in [9.17, 15) is 14.9 Å². The van der Waals surface area contributed by atoms with E-state index in [1.807, 2.05) is 13.8 Å². The molecular weight excluding hydrogens is 262 g/mol. The van der Waals surface area contributed by atoms with E-state index in [4.69, 9.17) is 10.5 Å². The first-order chi connectivity index (χ1) is 9.40. The van der Waals surface area contributed by atoms with Gasteiger partial charge in [-0.05, 0) is 12.0 Å². The summed E-state index contributed by atoms with van der Waals surface area (Å²) in [7, 11) is 1.39. The standard InChI is InChI=1S/C13H19N3O4/c1-8(2)10(7-14)13(17)15-11-5-4-9(16(18)19)6-12(11)20-3/h4-6,8,10H,7,14H2,1-3H3,(H,15,17). The van der Waals surface area contributed by atoms with Crippen molar-refractivity contribution in [3.05, 3.63) is 28.3 Å². The molecule has 1 unspecified atom stereocenters. The summed E-state index contributed by atoms with van der Waals surface area (Å²) in [6.45, 7) is 4.05. The third kappa shape index (κ3) is 3.67. The Morgan fingerprint density at radius 3 is 2.60 bits per heavy atom. The van der Waals surface area contributed by atoms with Gasteiger partial charge < -0.3 is 15.8 Å². The van der Waals surface area contributed by atoms with Crippen molar-refractivity contribution in [2.45, 2.75) is 13.8 Å². The molecule has 0 aromatic heterocycles. The highest BCUT2D eigenvalue weighted by atomic mass is 16.6. The van der Waals surface area contributed by atoms with E-state index in [2.05, 4.69) is 5.32 Å². The summed E-state index contributed by atoms with van der Waals surface area (Å²) >= 11 is 0. The monoisotopic (exact) mass is 281 g/mol. The number of nitro benzene ring substituents is 1. The molecule has 1 rings (SSSR count). The maximum Gasteiger partial charge on any atom is 0.273 e. The molecule has 3 N–H and O–H groups in total. The molecule has 1 aromatic carbocycles. The molecule has 0 aliphatic carbocycles. The maximum absolute atomic E-state index is 12.1. The second-order valence-electron chi connectivity index (χ2n) is 4.72. The fraction of sp³-hybridized carbons (Fsp3) is 0.462. The molecule has 0 bridgehead atoms. The first-order valence-corrected chi connectivity index (χ1v) is 6.24. The number of hydrogen-bond acceptors (Lipinski definition) is 5. The van der Waals surface area contributed by atoms with Crippen molar-refractivity contribution in [1.82, 2.24) is 0 Å². The van der Waals surface area contributed by atoms with Crippen LogP contribution < -0.4 is 15.8 Å². The Morgan fingerprint density at radius 2 is 2.15 bits per heavy atom. The number of nitro groups is 1. The quantitative estimate of drug-likeness (QED) is 0.610. The number of amides is 1. The molecule has 0 heterocycles. The molecule has 0 radical (unpaired) electrons. The third-order valence-electron chi connectivity index (χ3n) is 3.05. The van der Waals surface area contributed by atoms with Crippen LogP contribution in [0.5, 0.6) is 5.75 Å². The van der Waals surface area contributed by atoms with Gasteiger partial charge in [-0.3, -0.25) is 14.9 Å². The van der Waals surface area contributed by atoms with Gasteiger partial charge in [0.2, 0.25) is 5.91 Å². The minimum absolute atomic E-state index is 0.0981. The second-order valence-corrected chi connectivity index (χ2v) is 4.72. The Kier molecular flexibility index (Phi) is 5.45. The van der Waals surface area contributed by atoms with Crippen molar-refractivity contribution in [3.63, 3.8) is 0 Å². The normalized spacial score (nSPS) is 12.1. The van der Waals surface area contributed by atoms with Crippen LogP contribution >= 0.6 is 0 Å². The van der Waals surface area contributed by atoms with Crippen molar-refractivity contribution in [2.75, 3.05) is 19.0 Å². The number of carbonyl (C=O) groups excluding carboxylic acids is 1. The van der Waals surface area contributed by atoms with Gasteiger partial charge in [-0.25, -0.2) is 0 Å². The van der Waals surface area contributed by atoms with Crippen molar-refractivity contribution >= 4 is 17.3 Å². The van der Waals surface area contributed by atoms with Crippen LogP contribution in [0.4, 0.5) is 11.4 Å². The molecular formula is C13H19N3O4. The van der Waals surface area contributed by atoms with E-state index in [-0.39, 0.29) is 35.7 Å². The largest absolute Gasteiger partial charge is 0.494 e. The summed E-state index contributed by atoms with van der Waals surface area (Å²) in [6.07, 6.45) is 0. The van der Waals surface area contributed by atoms with Crippen LogP contribution in [0.25, 0.3) is 0 Å². The number of benzene rings is 1. The lowest BCUT2D eigenvalue weighted by atomic mass is 9.95. The van der Waals surface area contributed by atoms with Crippen LogP contribution in [0.3, 0.4) is 0 Å². The Morgan fingerprint density at radius 1 is 1.50 bits per heavy atom. The average Bonchev–Trinajstić information content (AvgIpc) is 2.39.